The maximum Gasteiger partial charge on any atom is 0.256 e. The zero-order chi connectivity index (χ0) is 16.9. The second kappa shape index (κ2) is 6.78. The van der Waals surface area contributed by atoms with E-state index in [-0.39, 0.29) is 23.0 Å². The highest BCUT2D eigenvalue weighted by Gasteiger charge is 2.09. The minimum Gasteiger partial charge on any atom is -0.436 e. The molecule has 0 saturated heterocycles. The molecule has 0 unspecified atom stereocenters. The van der Waals surface area contributed by atoms with E-state index in [1.54, 1.807) is 0 Å². The molecule has 2 heterocycles. The number of amides is 1. The van der Waals surface area contributed by atoms with Crippen LogP contribution in [0.5, 0.6) is 11.6 Å². The molecule has 0 saturated carbocycles. The van der Waals surface area contributed by atoms with Crippen molar-refractivity contribution in [3.05, 3.63) is 72.3 Å². The second-order valence-corrected chi connectivity index (χ2v) is 4.65. The third-order valence-electron chi connectivity index (χ3n) is 2.84. The average Bonchev–Trinajstić information content (AvgIpc) is 2.55. The smallest absolute Gasteiger partial charge is 0.256 e. The van der Waals surface area contributed by atoms with Crippen molar-refractivity contribution in [2.24, 2.45) is 0 Å². The molecule has 0 aliphatic rings. The highest BCUT2D eigenvalue weighted by Crippen LogP contribution is 2.19. The first-order valence-corrected chi connectivity index (χ1v) is 6.77. The zero-order valence-corrected chi connectivity index (χ0v) is 12.1. The van der Waals surface area contributed by atoms with Gasteiger partial charge < -0.3 is 10.1 Å². The van der Waals surface area contributed by atoms with Gasteiger partial charge in [0.15, 0.2) is 11.6 Å². The molecule has 3 rings (SSSR count). The van der Waals surface area contributed by atoms with Crippen LogP contribution in [0.15, 0.2) is 55.1 Å². The van der Waals surface area contributed by atoms with Crippen LogP contribution in [-0.4, -0.2) is 20.9 Å². The van der Waals surface area contributed by atoms with Gasteiger partial charge in [-0.1, -0.05) is 6.07 Å². The summed E-state index contributed by atoms with van der Waals surface area (Å²) in [5.41, 5.74) is 0.137. The van der Waals surface area contributed by atoms with Crippen LogP contribution in [0, 0.1) is 11.6 Å². The number of anilines is 1. The number of pyridine rings is 1. The molecular formula is C16H10F2N4O2. The van der Waals surface area contributed by atoms with Gasteiger partial charge in [0, 0.05) is 11.6 Å². The number of aromatic nitrogens is 3. The molecule has 0 aliphatic heterocycles. The van der Waals surface area contributed by atoms with E-state index in [0.717, 1.165) is 18.3 Å². The Hall–Kier alpha value is -3.42. The summed E-state index contributed by atoms with van der Waals surface area (Å²) >= 11 is 0. The first-order chi connectivity index (χ1) is 11.6. The number of halogens is 2. The molecule has 24 heavy (non-hydrogen) atoms. The van der Waals surface area contributed by atoms with Gasteiger partial charge in [-0.05, 0) is 18.2 Å². The number of benzene rings is 1. The van der Waals surface area contributed by atoms with Gasteiger partial charge in [0.1, 0.15) is 11.6 Å². The van der Waals surface area contributed by atoms with Crippen LogP contribution in [0.3, 0.4) is 0 Å². The summed E-state index contributed by atoms with van der Waals surface area (Å²) < 4.78 is 31.5. The summed E-state index contributed by atoms with van der Waals surface area (Å²) in [7, 11) is 0. The molecule has 0 aliphatic carbocycles. The molecule has 8 heteroatoms. The Kier molecular flexibility index (Phi) is 4.37. The van der Waals surface area contributed by atoms with E-state index in [2.05, 4.69) is 20.3 Å². The van der Waals surface area contributed by atoms with Gasteiger partial charge >= 0.3 is 0 Å². The maximum atomic E-state index is 13.1. The quantitative estimate of drug-likeness (QED) is 0.796. The second-order valence-electron chi connectivity index (χ2n) is 4.65. The molecule has 1 amide bonds. The Morgan fingerprint density at radius 2 is 1.83 bits per heavy atom. The molecule has 0 radical (unpaired) electrons. The molecule has 1 aromatic carbocycles. The predicted octanol–water partition coefficient (Wildman–Crippen LogP) is 3.19. The first kappa shape index (κ1) is 15.5. The van der Waals surface area contributed by atoms with Gasteiger partial charge in [0.25, 0.3) is 5.91 Å². The van der Waals surface area contributed by atoms with E-state index in [0.29, 0.717) is 0 Å². The van der Waals surface area contributed by atoms with E-state index in [1.807, 2.05) is 0 Å². The summed E-state index contributed by atoms with van der Waals surface area (Å²) in [6.07, 6.45) is 4.94. The fraction of sp³-hybridized carbons (Fsp3) is 0. The van der Waals surface area contributed by atoms with Gasteiger partial charge in [0.2, 0.25) is 5.88 Å². The average molecular weight is 328 g/mol. The Balaban J connectivity index is 1.74. The minimum atomic E-state index is -0.559. The summed E-state index contributed by atoms with van der Waals surface area (Å²) in [4.78, 5) is 23.6. The Morgan fingerprint density at radius 1 is 1.00 bits per heavy atom. The van der Waals surface area contributed by atoms with Crippen LogP contribution in [-0.2, 0) is 0 Å². The van der Waals surface area contributed by atoms with Gasteiger partial charge in [-0.25, -0.2) is 8.78 Å². The lowest BCUT2D eigenvalue weighted by molar-refractivity contribution is 0.102. The van der Waals surface area contributed by atoms with Crippen molar-refractivity contribution in [2.45, 2.75) is 0 Å². The lowest BCUT2D eigenvalue weighted by Gasteiger charge is -2.07. The molecule has 120 valence electrons. The van der Waals surface area contributed by atoms with Gasteiger partial charge in [0.05, 0.1) is 24.8 Å². The van der Waals surface area contributed by atoms with Gasteiger partial charge in [-0.2, -0.15) is 4.98 Å². The molecule has 0 spiro atoms. The predicted molar refractivity (Wildman–Crippen MR) is 80.7 cm³/mol. The molecule has 1 N–H and O–H groups in total. The normalized spacial score (nSPS) is 10.2. The summed E-state index contributed by atoms with van der Waals surface area (Å²) in [5.74, 6) is -1.35. The van der Waals surface area contributed by atoms with Crippen molar-refractivity contribution >= 4 is 11.7 Å². The minimum absolute atomic E-state index is 0.0412. The van der Waals surface area contributed by atoms with E-state index >= 15 is 0 Å². The lowest BCUT2D eigenvalue weighted by Crippen LogP contribution is -2.13. The molecule has 3 aromatic rings. The van der Waals surface area contributed by atoms with E-state index in [9.17, 15) is 13.6 Å². The molecule has 6 nitrogen and oxygen atoms in total. The zero-order valence-electron chi connectivity index (χ0n) is 12.1. The third kappa shape index (κ3) is 3.86. The van der Waals surface area contributed by atoms with Crippen molar-refractivity contribution in [3.63, 3.8) is 0 Å². The number of rotatable bonds is 4. The Labute approximate surface area is 135 Å². The topological polar surface area (TPSA) is 77.0 Å². The SMILES string of the molecule is O=C(Nc1cncc(Oc2cncc(F)c2)n1)c1cccc(F)c1. The van der Waals surface area contributed by atoms with Crippen LogP contribution >= 0.6 is 0 Å². The number of hydrogen-bond donors (Lipinski definition) is 1. The van der Waals surface area contributed by atoms with Crippen molar-refractivity contribution in [3.8, 4) is 11.6 Å². The highest BCUT2D eigenvalue weighted by atomic mass is 19.1. The molecular weight excluding hydrogens is 318 g/mol. The Bertz CT molecular complexity index is 889. The standard InChI is InChI=1S/C16H10F2N4O2/c17-11-3-1-2-10(4-11)16(23)22-14-8-20-9-15(21-14)24-13-5-12(18)6-19-7-13/h1-9H,(H,21,22,23). The summed E-state index contributed by atoms with van der Waals surface area (Å²) in [6, 6.07) is 6.35. The van der Waals surface area contributed by atoms with Crippen molar-refractivity contribution in [1.82, 2.24) is 15.0 Å². The van der Waals surface area contributed by atoms with Crippen LogP contribution < -0.4 is 10.1 Å². The van der Waals surface area contributed by atoms with Crippen molar-refractivity contribution in [2.75, 3.05) is 5.32 Å². The monoisotopic (exact) mass is 328 g/mol. The number of hydrogen-bond acceptors (Lipinski definition) is 5. The fourth-order valence-electron chi connectivity index (χ4n) is 1.84. The first-order valence-electron chi connectivity index (χ1n) is 6.77. The lowest BCUT2D eigenvalue weighted by atomic mass is 10.2. The fourth-order valence-corrected chi connectivity index (χ4v) is 1.84. The van der Waals surface area contributed by atoms with Crippen molar-refractivity contribution < 1.29 is 18.3 Å². The highest BCUT2D eigenvalue weighted by molar-refractivity contribution is 6.03. The molecule has 0 atom stereocenters. The molecule has 2 aromatic heterocycles. The largest absolute Gasteiger partial charge is 0.436 e. The van der Waals surface area contributed by atoms with Gasteiger partial charge in [-0.15, -0.1) is 0 Å². The van der Waals surface area contributed by atoms with Crippen LogP contribution in [0.1, 0.15) is 10.4 Å². The number of ether oxygens (including phenoxy) is 1. The number of nitrogens with one attached hydrogen (secondary N) is 1. The van der Waals surface area contributed by atoms with E-state index in [4.69, 9.17) is 4.74 Å². The van der Waals surface area contributed by atoms with Crippen LogP contribution in [0.25, 0.3) is 0 Å². The molecule has 0 fully saturated rings. The number of nitrogens with zero attached hydrogens (tertiary/aromatic N) is 3. The number of carbonyl (C=O) groups excluding carboxylic acids is 1. The van der Waals surface area contributed by atoms with Crippen LogP contribution in [0.4, 0.5) is 14.6 Å². The number of carbonyl (C=O) groups is 1. The summed E-state index contributed by atoms with van der Waals surface area (Å²) in [6.45, 7) is 0. The third-order valence-corrected chi connectivity index (χ3v) is 2.84. The van der Waals surface area contributed by atoms with Crippen molar-refractivity contribution in [1.29, 1.82) is 0 Å². The van der Waals surface area contributed by atoms with E-state index in [1.165, 1.54) is 36.8 Å². The summed E-state index contributed by atoms with van der Waals surface area (Å²) in [5, 5.41) is 2.47. The molecule has 0 bridgehead atoms. The van der Waals surface area contributed by atoms with Gasteiger partial charge in [-0.3, -0.25) is 14.8 Å². The van der Waals surface area contributed by atoms with E-state index < -0.39 is 17.5 Å². The Morgan fingerprint density at radius 3 is 2.62 bits per heavy atom. The van der Waals surface area contributed by atoms with Crippen LogP contribution in [0.2, 0.25) is 0 Å². The maximum absolute atomic E-state index is 13.1.